The largest absolute Gasteiger partial charge is 0.493 e. The highest BCUT2D eigenvalue weighted by Gasteiger charge is 2.56. The number of halogens is 2. The summed E-state index contributed by atoms with van der Waals surface area (Å²) in [7, 11) is 1.59. The van der Waals surface area contributed by atoms with Crippen molar-refractivity contribution in [3.63, 3.8) is 0 Å². The number of benzene rings is 2. The lowest BCUT2D eigenvalue weighted by Crippen LogP contribution is -2.47. The first kappa shape index (κ1) is 22.2. The molecule has 4 rings (SSSR count). The number of amides is 1. The molecule has 0 bridgehead atoms. The molecule has 166 valence electrons. The number of carbonyl (C=O) groups is 1. The number of carbonyl (C=O) groups excluding carboxylic acids is 1. The summed E-state index contributed by atoms with van der Waals surface area (Å²) in [6.45, 7) is 3.79. The maximum atomic E-state index is 13.5. The average molecular weight is 466 g/mol. The van der Waals surface area contributed by atoms with Crippen LogP contribution in [0.15, 0.2) is 30.3 Å². The zero-order valence-electron chi connectivity index (χ0n) is 17.6. The molecule has 1 spiro atoms. The maximum absolute atomic E-state index is 13.5. The normalized spacial score (nSPS) is 17.2. The Morgan fingerprint density at radius 3 is 2.55 bits per heavy atom. The molecule has 2 aromatic carbocycles. The number of unbranched alkanes of at least 4 members (excludes halogenated alkanes) is 1. The first-order valence-electron chi connectivity index (χ1n) is 10.4. The molecule has 0 atom stereocenters. The third-order valence-electron chi connectivity index (χ3n) is 5.43. The molecule has 31 heavy (non-hydrogen) atoms. The van der Waals surface area contributed by atoms with E-state index in [4.69, 9.17) is 42.1 Å². The lowest BCUT2D eigenvalue weighted by atomic mass is 10.1. The molecular weight excluding hydrogens is 441 g/mol. The Kier molecular flexibility index (Phi) is 6.63. The molecule has 0 radical (unpaired) electrons. The van der Waals surface area contributed by atoms with Gasteiger partial charge in [-0.1, -0.05) is 42.6 Å². The third-order valence-corrected chi connectivity index (χ3v) is 6.05. The SMILES string of the molecule is CCCCOc1ccc(CN2C(=O)C3(OCCCO3)c3c(Cl)ccc(Cl)c32)cc1OC. The molecule has 2 aliphatic heterocycles. The standard InChI is InChI=1S/C23H25Cl2NO5/c1-3-4-10-29-18-9-6-15(13-19(18)28-2)14-26-21-17(25)8-7-16(24)20(21)23(22(26)27)30-11-5-12-31-23/h6-9,13H,3-5,10-12,14H2,1-2H3. The van der Waals surface area contributed by atoms with Gasteiger partial charge in [-0.2, -0.15) is 0 Å². The summed E-state index contributed by atoms with van der Waals surface area (Å²) < 4.78 is 23.1. The van der Waals surface area contributed by atoms with Crippen molar-refractivity contribution in [3.05, 3.63) is 51.5 Å². The number of methoxy groups -OCH3 is 1. The fourth-order valence-corrected chi connectivity index (χ4v) is 4.43. The van der Waals surface area contributed by atoms with Crippen molar-refractivity contribution < 1.29 is 23.7 Å². The molecular formula is C23H25Cl2NO5. The van der Waals surface area contributed by atoms with E-state index < -0.39 is 5.79 Å². The van der Waals surface area contributed by atoms with Gasteiger partial charge < -0.3 is 23.8 Å². The number of ether oxygens (including phenoxy) is 4. The summed E-state index contributed by atoms with van der Waals surface area (Å²) in [6, 6.07) is 8.96. The molecule has 2 heterocycles. The van der Waals surface area contributed by atoms with Crippen molar-refractivity contribution in [1.82, 2.24) is 0 Å². The van der Waals surface area contributed by atoms with E-state index in [2.05, 4.69) is 6.92 Å². The Hall–Kier alpha value is -1.99. The summed E-state index contributed by atoms with van der Waals surface area (Å²) in [6.07, 6.45) is 2.72. The highest BCUT2D eigenvalue weighted by Crippen LogP contribution is 2.51. The minimum atomic E-state index is -1.55. The fraction of sp³-hybridized carbons (Fsp3) is 0.435. The van der Waals surface area contributed by atoms with Crippen molar-refractivity contribution in [2.75, 3.05) is 31.8 Å². The Labute approximate surface area is 191 Å². The lowest BCUT2D eigenvalue weighted by Gasteiger charge is -2.32. The zero-order chi connectivity index (χ0) is 22.0. The quantitative estimate of drug-likeness (QED) is 0.518. The van der Waals surface area contributed by atoms with Gasteiger partial charge in [-0.3, -0.25) is 4.79 Å². The van der Waals surface area contributed by atoms with Crippen LogP contribution in [-0.4, -0.2) is 32.8 Å². The lowest BCUT2D eigenvalue weighted by molar-refractivity contribution is -0.256. The van der Waals surface area contributed by atoms with E-state index in [1.807, 2.05) is 18.2 Å². The Morgan fingerprint density at radius 1 is 1.10 bits per heavy atom. The summed E-state index contributed by atoms with van der Waals surface area (Å²) in [5, 5.41) is 0.795. The van der Waals surface area contributed by atoms with Crippen LogP contribution in [0.2, 0.25) is 10.0 Å². The molecule has 8 heteroatoms. The van der Waals surface area contributed by atoms with Crippen LogP contribution < -0.4 is 14.4 Å². The second-order valence-corrected chi connectivity index (χ2v) is 8.31. The van der Waals surface area contributed by atoms with E-state index in [1.165, 1.54) is 0 Å². The second-order valence-electron chi connectivity index (χ2n) is 7.50. The van der Waals surface area contributed by atoms with Crippen molar-refractivity contribution in [2.24, 2.45) is 0 Å². The predicted octanol–water partition coefficient (Wildman–Crippen LogP) is 5.32. The third kappa shape index (κ3) is 3.98. The zero-order valence-corrected chi connectivity index (χ0v) is 19.1. The Morgan fingerprint density at radius 2 is 1.84 bits per heavy atom. The number of fused-ring (bicyclic) bond motifs is 2. The van der Waals surface area contributed by atoms with Crippen molar-refractivity contribution >= 4 is 34.8 Å². The Bertz CT molecular complexity index is 975. The fourth-order valence-electron chi connectivity index (χ4n) is 3.89. The van der Waals surface area contributed by atoms with Gasteiger partial charge in [0.05, 0.1) is 54.8 Å². The minimum absolute atomic E-state index is 0.256. The maximum Gasteiger partial charge on any atom is 0.292 e. The van der Waals surface area contributed by atoms with Crippen LogP contribution >= 0.6 is 23.2 Å². The minimum Gasteiger partial charge on any atom is -0.493 e. The van der Waals surface area contributed by atoms with Crippen LogP contribution in [0.3, 0.4) is 0 Å². The smallest absolute Gasteiger partial charge is 0.292 e. The van der Waals surface area contributed by atoms with E-state index in [1.54, 1.807) is 24.1 Å². The van der Waals surface area contributed by atoms with Gasteiger partial charge >= 0.3 is 0 Å². The molecule has 0 saturated carbocycles. The second kappa shape index (κ2) is 9.25. The van der Waals surface area contributed by atoms with Gasteiger partial charge in [-0.15, -0.1) is 0 Å². The first-order valence-corrected chi connectivity index (χ1v) is 11.2. The summed E-state index contributed by atoms with van der Waals surface area (Å²) >= 11 is 13.0. The topological polar surface area (TPSA) is 57.2 Å². The molecule has 0 aliphatic carbocycles. The van der Waals surface area contributed by atoms with E-state index in [0.717, 1.165) is 18.4 Å². The van der Waals surface area contributed by atoms with Crippen molar-refractivity contribution in [3.8, 4) is 11.5 Å². The number of hydrogen-bond acceptors (Lipinski definition) is 5. The highest BCUT2D eigenvalue weighted by molar-refractivity contribution is 6.38. The van der Waals surface area contributed by atoms with E-state index in [0.29, 0.717) is 59.0 Å². The summed E-state index contributed by atoms with van der Waals surface area (Å²) in [5.74, 6) is -0.607. The van der Waals surface area contributed by atoms with Crippen molar-refractivity contribution in [2.45, 2.75) is 38.5 Å². The van der Waals surface area contributed by atoms with Gasteiger partial charge in [0.15, 0.2) is 11.5 Å². The summed E-state index contributed by atoms with van der Waals surface area (Å²) in [5.41, 5.74) is 1.84. The van der Waals surface area contributed by atoms with E-state index >= 15 is 0 Å². The van der Waals surface area contributed by atoms with Gasteiger partial charge in [0.25, 0.3) is 11.7 Å². The van der Waals surface area contributed by atoms with Crippen LogP contribution in [0.25, 0.3) is 0 Å². The van der Waals surface area contributed by atoms with Gasteiger partial charge in [0.1, 0.15) is 0 Å². The molecule has 2 aromatic rings. The van der Waals surface area contributed by atoms with Crippen LogP contribution in [0.1, 0.15) is 37.3 Å². The van der Waals surface area contributed by atoms with Gasteiger partial charge in [0, 0.05) is 0 Å². The number of nitrogens with zero attached hydrogens (tertiary/aromatic N) is 1. The predicted molar refractivity (Wildman–Crippen MR) is 119 cm³/mol. The van der Waals surface area contributed by atoms with Gasteiger partial charge in [-0.05, 0) is 42.7 Å². The van der Waals surface area contributed by atoms with E-state index in [-0.39, 0.29) is 12.5 Å². The van der Waals surface area contributed by atoms with E-state index in [9.17, 15) is 4.79 Å². The van der Waals surface area contributed by atoms with Crippen molar-refractivity contribution in [1.29, 1.82) is 0 Å². The molecule has 1 amide bonds. The number of anilines is 1. The Balaban J connectivity index is 1.68. The van der Waals surface area contributed by atoms with Gasteiger partial charge in [-0.25, -0.2) is 0 Å². The molecule has 0 N–H and O–H groups in total. The van der Waals surface area contributed by atoms with Crippen LogP contribution in [0.5, 0.6) is 11.5 Å². The first-order chi connectivity index (χ1) is 15.0. The molecule has 1 fully saturated rings. The van der Waals surface area contributed by atoms with Crippen LogP contribution in [-0.2, 0) is 26.6 Å². The molecule has 6 nitrogen and oxygen atoms in total. The molecule has 0 aromatic heterocycles. The monoisotopic (exact) mass is 465 g/mol. The summed E-state index contributed by atoms with van der Waals surface area (Å²) in [4.78, 5) is 15.1. The van der Waals surface area contributed by atoms with Crippen LogP contribution in [0.4, 0.5) is 5.69 Å². The molecule has 2 aliphatic rings. The molecule has 0 unspecified atom stereocenters. The van der Waals surface area contributed by atoms with Gasteiger partial charge in [0.2, 0.25) is 0 Å². The highest BCUT2D eigenvalue weighted by atomic mass is 35.5. The number of hydrogen-bond donors (Lipinski definition) is 0. The number of rotatable bonds is 7. The average Bonchev–Trinajstić information content (AvgIpc) is 3.01. The molecule has 1 saturated heterocycles. The van der Waals surface area contributed by atoms with Crippen LogP contribution in [0, 0.1) is 0 Å².